The van der Waals surface area contributed by atoms with Gasteiger partial charge in [-0.2, -0.15) is 0 Å². The van der Waals surface area contributed by atoms with Crippen LogP contribution in [-0.4, -0.2) is 43.4 Å². The minimum atomic E-state index is -0.561. The molecule has 2 heterocycles. The Hall–Kier alpha value is -2.25. The molecule has 7 heteroatoms. The summed E-state index contributed by atoms with van der Waals surface area (Å²) in [7, 11) is 1.62. The lowest BCUT2D eigenvalue weighted by Crippen LogP contribution is -2.62. The van der Waals surface area contributed by atoms with Gasteiger partial charge < -0.3 is 19.8 Å². The maximum absolute atomic E-state index is 14.0. The Bertz CT molecular complexity index is 881. The Morgan fingerprint density at radius 1 is 1.48 bits per heavy atom. The number of hydrogen-bond acceptors (Lipinski definition) is 4. The van der Waals surface area contributed by atoms with Gasteiger partial charge in [-0.05, 0) is 18.6 Å². The Kier molecular flexibility index (Phi) is 4.05. The highest BCUT2D eigenvalue weighted by molar-refractivity contribution is 5.95. The van der Waals surface area contributed by atoms with Gasteiger partial charge in [0.05, 0.1) is 18.2 Å². The molecule has 2 fully saturated rings. The third kappa shape index (κ3) is 2.63. The van der Waals surface area contributed by atoms with Crippen LogP contribution in [0.2, 0.25) is 0 Å². The first-order valence-corrected chi connectivity index (χ1v) is 8.33. The second kappa shape index (κ2) is 6.24. The zero-order chi connectivity index (χ0) is 17.6. The van der Waals surface area contributed by atoms with Crippen molar-refractivity contribution in [1.29, 1.82) is 0 Å². The lowest BCUT2D eigenvalue weighted by Gasteiger charge is -2.47. The molecular weight excluding hydrogens is 327 g/mol. The SMILES string of the molecule is COC[C@H]1[C@@H](NC(=O)c2cc(=O)c3cccc(F)c3[nH]2)[C@H]2CCO[C@H]21. The number of carbonyl (C=O) groups excluding carboxylic acids is 1. The molecule has 1 aliphatic carbocycles. The number of H-pyrrole nitrogens is 1. The van der Waals surface area contributed by atoms with E-state index in [-0.39, 0.29) is 46.0 Å². The summed E-state index contributed by atoms with van der Waals surface area (Å²) in [5.41, 5.74) is -0.284. The number of fused-ring (bicyclic) bond motifs is 2. The summed E-state index contributed by atoms with van der Waals surface area (Å²) < 4.78 is 24.9. The van der Waals surface area contributed by atoms with Gasteiger partial charge in [0, 0.05) is 43.0 Å². The normalized spacial score (nSPS) is 27.8. The molecule has 1 amide bonds. The molecule has 2 aromatic rings. The number of nitrogens with one attached hydrogen (secondary N) is 2. The minimum Gasteiger partial charge on any atom is -0.384 e. The van der Waals surface area contributed by atoms with Gasteiger partial charge in [0.1, 0.15) is 11.5 Å². The van der Waals surface area contributed by atoms with Crippen LogP contribution in [0.4, 0.5) is 4.39 Å². The molecule has 1 aromatic heterocycles. The van der Waals surface area contributed by atoms with Gasteiger partial charge in [0.2, 0.25) is 0 Å². The molecule has 0 radical (unpaired) electrons. The van der Waals surface area contributed by atoms with E-state index in [1.54, 1.807) is 7.11 Å². The van der Waals surface area contributed by atoms with Crippen LogP contribution in [0.5, 0.6) is 0 Å². The molecule has 1 aliphatic heterocycles. The highest BCUT2D eigenvalue weighted by atomic mass is 19.1. The van der Waals surface area contributed by atoms with E-state index < -0.39 is 11.7 Å². The van der Waals surface area contributed by atoms with E-state index in [2.05, 4.69) is 10.3 Å². The van der Waals surface area contributed by atoms with Crippen LogP contribution in [0.1, 0.15) is 16.9 Å². The number of rotatable bonds is 4. The first-order chi connectivity index (χ1) is 12.1. The van der Waals surface area contributed by atoms with Crippen molar-refractivity contribution in [3.05, 3.63) is 46.0 Å². The smallest absolute Gasteiger partial charge is 0.268 e. The monoisotopic (exact) mass is 346 g/mol. The zero-order valence-electron chi connectivity index (χ0n) is 13.8. The van der Waals surface area contributed by atoms with E-state index in [1.807, 2.05) is 0 Å². The summed E-state index contributed by atoms with van der Waals surface area (Å²) in [5, 5.41) is 3.18. The minimum absolute atomic E-state index is 0.0456. The lowest BCUT2D eigenvalue weighted by atomic mass is 9.67. The molecule has 0 bridgehead atoms. The number of carbonyl (C=O) groups is 1. The van der Waals surface area contributed by atoms with Crippen LogP contribution >= 0.6 is 0 Å². The molecule has 2 N–H and O–H groups in total. The van der Waals surface area contributed by atoms with Crippen molar-refractivity contribution in [2.45, 2.75) is 18.6 Å². The zero-order valence-corrected chi connectivity index (χ0v) is 13.8. The number of halogens is 1. The molecule has 0 spiro atoms. The maximum atomic E-state index is 14.0. The maximum Gasteiger partial charge on any atom is 0.268 e. The predicted octanol–water partition coefficient (Wildman–Crippen LogP) is 1.45. The van der Waals surface area contributed by atoms with Gasteiger partial charge >= 0.3 is 0 Å². The number of para-hydroxylation sites is 1. The first kappa shape index (κ1) is 16.2. The molecule has 4 atom stereocenters. The average molecular weight is 346 g/mol. The first-order valence-electron chi connectivity index (χ1n) is 8.33. The predicted molar refractivity (Wildman–Crippen MR) is 89.0 cm³/mol. The number of benzene rings is 1. The number of ether oxygens (including phenoxy) is 2. The fourth-order valence-electron chi connectivity index (χ4n) is 4.02. The van der Waals surface area contributed by atoms with E-state index in [1.165, 1.54) is 24.3 Å². The van der Waals surface area contributed by atoms with Crippen molar-refractivity contribution in [3.8, 4) is 0 Å². The summed E-state index contributed by atoms with van der Waals surface area (Å²) in [6.07, 6.45) is 0.997. The van der Waals surface area contributed by atoms with Crippen LogP contribution < -0.4 is 10.7 Å². The van der Waals surface area contributed by atoms with Crippen LogP contribution in [0.25, 0.3) is 10.9 Å². The van der Waals surface area contributed by atoms with Crippen molar-refractivity contribution in [2.24, 2.45) is 11.8 Å². The Morgan fingerprint density at radius 2 is 2.32 bits per heavy atom. The summed E-state index contributed by atoms with van der Waals surface area (Å²) in [6.45, 7) is 1.18. The van der Waals surface area contributed by atoms with Crippen LogP contribution in [0.3, 0.4) is 0 Å². The molecule has 1 aromatic carbocycles. The summed E-state index contributed by atoms with van der Waals surface area (Å²) in [5.74, 6) is -0.633. The molecule has 1 saturated carbocycles. The largest absolute Gasteiger partial charge is 0.384 e. The van der Waals surface area contributed by atoms with Gasteiger partial charge in [-0.1, -0.05) is 6.07 Å². The summed E-state index contributed by atoms with van der Waals surface area (Å²) in [6, 6.07) is 5.39. The van der Waals surface area contributed by atoms with Crippen molar-refractivity contribution in [1.82, 2.24) is 10.3 Å². The number of amides is 1. The Balaban J connectivity index is 1.60. The fraction of sp³-hybridized carbons (Fsp3) is 0.444. The molecule has 132 valence electrons. The number of pyridine rings is 1. The van der Waals surface area contributed by atoms with Gasteiger partial charge in [-0.3, -0.25) is 9.59 Å². The second-order valence-electron chi connectivity index (χ2n) is 6.62. The van der Waals surface area contributed by atoms with Gasteiger partial charge in [-0.15, -0.1) is 0 Å². The van der Waals surface area contributed by atoms with E-state index in [0.29, 0.717) is 13.2 Å². The molecule has 0 unspecified atom stereocenters. The fourth-order valence-corrected chi connectivity index (χ4v) is 4.02. The Morgan fingerprint density at radius 3 is 3.12 bits per heavy atom. The van der Waals surface area contributed by atoms with Crippen molar-refractivity contribution in [2.75, 3.05) is 20.3 Å². The Labute approximate surface area is 143 Å². The average Bonchev–Trinajstić information content (AvgIpc) is 3.02. The van der Waals surface area contributed by atoms with Crippen LogP contribution in [0.15, 0.2) is 29.1 Å². The quantitative estimate of drug-likeness (QED) is 0.878. The van der Waals surface area contributed by atoms with Crippen molar-refractivity contribution < 1.29 is 18.7 Å². The van der Waals surface area contributed by atoms with Crippen molar-refractivity contribution >= 4 is 16.8 Å². The summed E-state index contributed by atoms with van der Waals surface area (Å²) in [4.78, 5) is 27.5. The van der Waals surface area contributed by atoms with Gasteiger partial charge in [-0.25, -0.2) is 4.39 Å². The van der Waals surface area contributed by atoms with E-state index in [4.69, 9.17) is 9.47 Å². The molecule has 6 nitrogen and oxygen atoms in total. The van der Waals surface area contributed by atoms with E-state index >= 15 is 0 Å². The standard InChI is InChI=1S/C18H19FN2O4/c1-24-8-11-15(10-5-6-25-17(10)11)21-18(23)13-7-14(22)9-3-2-4-12(19)16(9)20-13/h2-4,7,10-11,15,17H,5-6,8H2,1H3,(H,20,22)(H,21,23)/t10-,11+,15+,17-/m1/s1. The van der Waals surface area contributed by atoms with Gasteiger partial charge in [0.15, 0.2) is 5.43 Å². The highest BCUT2D eigenvalue weighted by Gasteiger charge is 2.54. The molecule has 2 aliphatic rings. The van der Waals surface area contributed by atoms with Crippen LogP contribution in [-0.2, 0) is 9.47 Å². The topological polar surface area (TPSA) is 80.4 Å². The summed E-state index contributed by atoms with van der Waals surface area (Å²) >= 11 is 0. The third-order valence-electron chi connectivity index (χ3n) is 5.24. The number of aromatic nitrogens is 1. The molecular formula is C18H19FN2O4. The number of methoxy groups -OCH3 is 1. The molecule has 1 saturated heterocycles. The van der Waals surface area contributed by atoms with Crippen molar-refractivity contribution in [3.63, 3.8) is 0 Å². The highest BCUT2D eigenvalue weighted by Crippen LogP contribution is 2.43. The van der Waals surface area contributed by atoms with E-state index in [9.17, 15) is 14.0 Å². The second-order valence-corrected chi connectivity index (χ2v) is 6.62. The molecule has 25 heavy (non-hydrogen) atoms. The van der Waals surface area contributed by atoms with E-state index in [0.717, 1.165) is 6.42 Å². The molecule has 4 rings (SSSR count). The number of aromatic amines is 1. The number of hydrogen-bond donors (Lipinski definition) is 2. The third-order valence-corrected chi connectivity index (χ3v) is 5.24. The lowest BCUT2D eigenvalue weighted by molar-refractivity contribution is -0.0810. The van der Waals surface area contributed by atoms with Crippen LogP contribution in [0, 0.1) is 17.7 Å². The van der Waals surface area contributed by atoms with Gasteiger partial charge in [0.25, 0.3) is 5.91 Å².